The third-order valence-electron chi connectivity index (χ3n) is 2.89. The molecular weight excluding hydrogens is 300 g/mol. The first-order valence-corrected chi connectivity index (χ1v) is 7.37. The van der Waals surface area contributed by atoms with Gasteiger partial charge in [0.1, 0.15) is 11.6 Å². The van der Waals surface area contributed by atoms with E-state index in [-0.39, 0.29) is 23.1 Å². The SMILES string of the molecule is CC(C)C(CNC(=O)CSc1ccc(F)cc1F)C(=O)O. The van der Waals surface area contributed by atoms with Gasteiger partial charge in [-0.25, -0.2) is 8.78 Å². The molecule has 4 nitrogen and oxygen atoms in total. The highest BCUT2D eigenvalue weighted by molar-refractivity contribution is 8.00. The number of rotatable bonds is 7. The maximum Gasteiger partial charge on any atom is 0.308 e. The summed E-state index contributed by atoms with van der Waals surface area (Å²) in [6.07, 6.45) is 0. The van der Waals surface area contributed by atoms with Crippen molar-refractivity contribution in [1.82, 2.24) is 5.32 Å². The Morgan fingerprint density at radius 1 is 1.33 bits per heavy atom. The highest BCUT2D eigenvalue weighted by atomic mass is 32.2. The van der Waals surface area contributed by atoms with Crippen molar-refractivity contribution in [2.75, 3.05) is 12.3 Å². The van der Waals surface area contributed by atoms with Crippen molar-refractivity contribution in [1.29, 1.82) is 0 Å². The number of benzene rings is 1. The quantitative estimate of drug-likeness (QED) is 0.759. The van der Waals surface area contributed by atoms with Gasteiger partial charge in [-0.2, -0.15) is 0 Å². The largest absolute Gasteiger partial charge is 0.481 e. The van der Waals surface area contributed by atoms with E-state index in [1.807, 2.05) is 0 Å². The molecule has 7 heteroatoms. The second kappa shape index (κ2) is 7.97. The Bertz CT molecular complexity index is 523. The predicted molar refractivity (Wildman–Crippen MR) is 76.1 cm³/mol. The van der Waals surface area contributed by atoms with Crippen molar-refractivity contribution < 1.29 is 23.5 Å². The fourth-order valence-corrected chi connectivity index (χ4v) is 2.37. The highest BCUT2D eigenvalue weighted by Crippen LogP contribution is 2.22. The maximum absolute atomic E-state index is 13.4. The Labute approximate surface area is 125 Å². The van der Waals surface area contributed by atoms with Crippen molar-refractivity contribution >= 4 is 23.6 Å². The topological polar surface area (TPSA) is 66.4 Å². The van der Waals surface area contributed by atoms with E-state index in [2.05, 4.69) is 5.32 Å². The van der Waals surface area contributed by atoms with Crippen molar-refractivity contribution in [3.8, 4) is 0 Å². The van der Waals surface area contributed by atoms with Crippen LogP contribution in [-0.4, -0.2) is 29.3 Å². The lowest BCUT2D eigenvalue weighted by atomic mass is 9.96. The third kappa shape index (κ3) is 5.71. The molecule has 0 aliphatic heterocycles. The van der Waals surface area contributed by atoms with E-state index in [9.17, 15) is 18.4 Å². The summed E-state index contributed by atoms with van der Waals surface area (Å²) in [4.78, 5) is 22.8. The van der Waals surface area contributed by atoms with Crippen LogP contribution in [0.2, 0.25) is 0 Å². The van der Waals surface area contributed by atoms with Crippen molar-refractivity contribution in [2.24, 2.45) is 11.8 Å². The Balaban J connectivity index is 2.45. The first-order valence-electron chi connectivity index (χ1n) is 6.38. The number of carbonyl (C=O) groups is 2. The van der Waals surface area contributed by atoms with Crippen LogP contribution in [0.4, 0.5) is 8.78 Å². The zero-order valence-corrected chi connectivity index (χ0v) is 12.5. The molecule has 1 unspecified atom stereocenters. The summed E-state index contributed by atoms with van der Waals surface area (Å²) in [5.41, 5.74) is 0. The number of carbonyl (C=O) groups excluding carboxylic acids is 1. The van der Waals surface area contributed by atoms with Crippen LogP contribution in [0.15, 0.2) is 23.1 Å². The molecule has 0 aliphatic rings. The van der Waals surface area contributed by atoms with E-state index in [4.69, 9.17) is 5.11 Å². The van der Waals surface area contributed by atoms with Crippen LogP contribution in [0, 0.1) is 23.5 Å². The number of hydrogen-bond donors (Lipinski definition) is 2. The molecule has 0 bridgehead atoms. The van der Waals surface area contributed by atoms with Gasteiger partial charge in [-0.1, -0.05) is 13.8 Å². The zero-order chi connectivity index (χ0) is 16.0. The number of carboxylic acid groups (broad SMARTS) is 1. The van der Waals surface area contributed by atoms with Gasteiger partial charge in [-0.15, -0.1) is 11.8 Å². The molecule has 0 saturated heterocycles. The summed E-state index contributed by atoms with van der Waals surface area (Å²) in [5.74, 6) is -3.60. The minimum absolute atomic E-state index is 0.0261. The van der Waals surface area contributed by atoms with Crippen molar-refractivity contribution in [2.45, 2.75) is 18.7 Å². The van der Waals surface area contributed by atoms with Crippen LogP contribution in [-0.2, 0) is 9.59 Å². The van der Waals surface area contributed by atoms with Gasteiger partial charge in [-0.05, 0) is 18.1 Å². The van der Waals surface area contributed by atoms with Gasteiger partial charge in [-0.3, -0.25) is 9.59 Å². The summed E-state index contributed by atoms with van der Waals surface area (Å²) in [7, 11) is 0. The van der Waals surface area contributed by atoms with Crippen molar-refractivity contribution in [3.05, 3.63) is 29.8 Å². The van der Waals surface area contributed by atoms with Gasteiger partial charge >= 0.3 is 5.97 Å². The fourth-order valence-electron chi connectivity index (χ4n) is 1.62. The molecule has 1 amide bonds. The van der Waals surface area contributed by atoms with E-state index in [0.717, 1.165) is 23.9 Å². The van der Waals surface area contributed by atoms with E-state index < -0.39 is 29.4 Å². The fraction of sp³-hybridized carbons (Fsp3) is 0.429. The van der Waals surface area contributed by atoms with Crippen LogP contribution in [0.1, 0.15) is 13.8 Å². The lowest BCUT2D eigenvalue weighted by Gasteiger charge is -2.16. The third-order valence-corrected chi connectivity index (χ3v) is 3.94. The number of halogens is 2. The first-order chi connectivity index (χ1) is 9.81. The minimum atomic E-state index is -0.970. The van der Waals surface area contributed by atoms with E-state index in [0.29, 0.717) is 0 Å². The normalized spacial score (nSPS) is 12.2. The van der Waals surface area contributed by atoms with Gasteiger partial charge < -0.3 is 10.4 Å². The molecule has 1 atom stereocenters. The molecule has 1 aromatic rings. The molecule has 0 aliphatic carbocycles. The maximum atomic E-state index is 13.4. The summed E-state index contributed by atoms with van der Waals surface area (Å²) < 4.78 is 26.1. The molecule has 1 rings (SSSR count). The summed E-state index contributed by atoms with van der Waals surface area (Å²) in [6.45, 7) is 3.54. The number of nitrogens with one attached hydrogen (secondary N) is 1. The van der Waals surface area contributed by atoms with Crippen LogP contribution in [0.25, 0.3) is 0 Å². The van der Waals surface area contributed by atoms with Gasteiger partial charge in [0.2, 0.25) is 5.91 Å². The molecule has 0 saturated carbocycles. The lowest BCUT2D eigenvalue weighted by molar-refractivity contribution is -0.143. The molecule has 0 spiro atoms. The summed E-state index contributed by atoms with van der Waals surface area (Å²) in [6, 6.07) is 3.12. The van der Waals surface area contributed by atoms with E-state index in [1.54, 1.807) is 13.8 Å². The van der Waals surface area contributed by atoms with E-state index in [1.165, 1.54) is 6.07 Å². The number of thioether (sulfide) groups is 1. The standard InChI is InChI=1S/C14H17F2NO3S/c1-8(2)10(14(19)20)6-17-13(18)7-21-12-4-3-9(15)5-11(12)16/h3-5,8,10H,6-7H2,1-2H3,(H,17,18)(H,19,20). The lowest BCUT2D eigenvalue weighted by Crippen LogP contribution is -2.36. The molecule has 21 heavy (non-hydrogen) atoms. The van der Waals surface area contributed by atoms with Crippen LogP contribution < -0.4 is 5.32 Å². The van der Waals surface area contributed by atoms with Crippen LogP contribution in [0.3, 0.4) is 0 Å². The minimum Gasteiger partial charge on any atom is -0.481 e. The number of amides is 1. The number of aliphatic carboxylic acids is 1. The second-order valence-corrected chi connectivity index (χ2v) is 5.87. The second-order valence-electron chi connectivity index (χ2n) is 4.86. The predicted octanol–water partition coefficient (Wildman–Crippen LogP) is 2.53. The van der Waals surface area contributed by atoms with Gasteiger partial charge in [0.25, 0.3) is 0 Å². The van der Waals surface area contributed by atoms with Gasteiger partial charge in [0, 0.05) is 17.5 Å². The van der Waals surface area contributed by atoms with Crippen molar-refractivity contribution in [3.63, 3.8) is 0 Å². The number of hydrogen-bond acceptors (Lipinski definition) is 3. The molecule has 0 heterocycles. The Morgan fingerprint density at radius 3 is 2.52 bits per heavy atom. The number of carboxylic acids is 1. The Hall–Kier alpha value is -1.63. The molecule has 0 radical (unpaired) electrons. The van der Waals surface area contributed by atoms with E-state index >= 15 is 0 Å². The molecular formula is C14H17F2NO3S. The smallest absolute Gasteiger partial charge is 0.308 e. The van der Waals surface area contributed by atoms with Gasteiger partial charge in [0.05, 0.1) is 11.7 Å². The molecule has 2 N–H and O–H groups in total. The first kappa shape index (κ1) is 17.4. The average Bonchev–Trinajstić information content (AvgIpc) is 2.37. The molecule has 116 valence electrons. The molecule has 1 aromatic carbocycles. The van der Waals surface area contributed by atoms with Crippen LogP contribution >= 0.6 is 11.8 Å². The highest BCUT2D eigenvalue weighted by Gasteiger charge is 2.21. The Morgan fingerprint density at radius 2 is 2.00 bits per heavy atom. The average molecular weight is 317 g/mol. The molecule has 0 aromatic heterocycles. The van der Waals surface area contributed by atoms with Gasteiger partial charge in [0.15, 0.2) is 0 Å². The summed E-state index contributed by atoms with van der Waals surface area (Å²) >= 11 is 0.931. The monoisotopic (exact) mass is 317 g/mol. The Kier molecular flexibility index (Phi) is 6.61. The molecule has 0 fully saturated rings. The zero-order valence-electron chi connectivity index (χ0n) is 11.7. The summed E-state index contributed by atoms with van der Waals surface area (Å²) in [5, 5.41) is 11.5. The van der Waals surface area contributed by atoms with Crippen LogP contribution in [0.5, 0.6) is 0 Å².